The lowest BCUT2D eigenvalue weighted by molar-refractivity contribution is -0.139. The van der Waals surface area contributed by atoms with Crippen LogP contribution >= 0.6 is 0 Å². The van der Waals surface area contributed by atoms with E-state index in [1.54, 1.807) is 0 Å². The number of anilines is 2. The second kappa shape index (κ2) is 11.2. The predicted molar refractivity (Wildman–Crippen MR) is 127 cm³/mol. The molecule has 0 aliphatic heterocycles. The Morgan fingerprint density at radius 2 is 1.82 bits per heavy atom. The van der Waals surface area contributed by atoms with Gasteiger partial charge in [0, 0.05) is 30.9 Å². The summed E-state index contributed by atoms with van der Waals surface area (Å²) in [4.78, 5) is 35.3. The fourth-order valence-electron chi connectivity index (χ4n) is 4.31. The molecular formula is C25H33N5O3. The van der Waals surface area contributed by atoms with E-state index in [0.717, 1.165) is 23.8 Å². The molecule has 8 heteroatoms. The van der Waals surface area contributed by atoms with Gasteiger partial charge in [0.1, 0.15) is 17.8 Å². The van der Waals surface area contributed by atoms with Crippen LogP contribution in [0.15, 0.2) is 36.7 Å². The van der Waals surface area contributed by atoms with Gasteiger partial charge in [-0.05, 0) is 49.3 Å². The SMILES string of the molecule is COC(=O)CNCc1ccc(NC(=O)c2cc(N(CC3CC3)C3CCCCC3)ncn2)cc1. The smallest absolute Gasteiger partial charge is 0.319 e. The minimum atomic E-state index is -0.303. The first-order chi connectivity index (χ1) is 16.1. The molecule has 176 valence electrons. The summed E-state index contributed by atoms with van der Waals surface area (Å²) in [5.41, 5.74) is 2.07. The molecule has 33 heavy (non-hydrogen) atoms. The van der Waals surface area contributed by atoms with E-state index < -0.39 is 0 Å². The molecule has 2 fully saturated rings. The van der Waals surface area contributed by atoms with Crippen LogP contribution in [0.1, 0.15) is 61.0 Å². The number of nitrogens with one attached hydrogen (secondary N) is 2. The average Bonchev–Trinajstić information content (AvgIpc) is 3.68. The zero-order valence-corrected chi connectivity index (χ0v) is 19.3. The molecular weight excluding hydrogens is 418 g/mol. The lowest BCUT2D eigenvalue weighted by Gasteiger charge is -2.35. The molecule has 4 rings (SSSR count). The maximum Gasteiger partial charge on any atom is 0.319 e. The summed E-state index contributed by atoms with van der Waals surface area (Å²) in [7, 11) is 1.36. The first kappa shape index (κ1) is 23.2. The third kappa shape index (κ3) is 6.74. The van der Waals surface area contributed by atoms with Crippen molar-refractivity contribution in [2.24, 2.45) is 5.92 Å². The summed E-state index contributed by atoms with van der Waals surface area (Å²) >= 11 is 0. The van der Waals surface area contributed by atoms with Crippen LogP contribution in [-0.4, -0.2) is 48.1 Å². The molecule has 0 saturated heterocycles. The number of hydrogen-bond acceptors (Lipinski definition) is 7. The van der Waals surface area contributed by atoms with Gasteiger partial charge in [-0.3, -0.25) is 9.59 Å². The topological polar surface area (TPSA) is 96.5 Å². The third-order valence-electron chi connectivity index (χ3n) is 6.38. The van der Waals surface area contributed by atoms with Crippen molar-refractivity contribution in [3.63, 3.8) is 0 Å². The Hall–Kier alpha value is -3.00. The molecule has 8 nitrogen and oxygen atoms in total. The molecule has 1 heterocycles. The number of rotatable bonds is 10. The standard InChI is InChI=1S/C25H33N5O3/c1-33-24(31)15-26-14-18-9-11-20(12-10-18)29-25(32)22-13-23(28-17-27-22)30(16-19-7-8-19)21-5-3-2-4-6-21/h9-13,17,19,21,26H,2-8,14-16H2,1H3,(H,29,32). The van der Waals surface area contributed by atoms with Crippen molar-refractivity contribution < 1.29 is 14.3 Å². The Bertz CT molecular complexity index is 939. The van der Waals surface area contributed by atoms with E-state index in [2.05, 4.69) is 30.2 Å². The first-order valence-electron chi connectivity index (χ1n) is 11.9. The fourth-order valence-corrected chi connectivity index (χ4v) is 4.31. The summed E-state index contributed by atoms with van der Waals surface area (Å²) in [5.74, 6) is 1.06. The van der Waals surface area contributed by atoms with Gasteiger partial charge in [0.2, 0.25) is 0 Å². The van der Waals surface area contributed by atoms with Gasteiger partial charge in [0.05, 0.1) is 13.7 Å². The number of aromatic nitrogens is 2. The van der Waals surface area contributed by atoms with Crippen LogP contribution in [0.3, 0.4) is 0 Å². The first-order valence-corrected chi connectivity index (χ1v) is 11.9. The van der Waals surface area contributed by atoms with Gasteiger partial charge < -0.3 is 20.3 Å². The molecule has 0 radical (unpaired) electrons. The van der Waals surface area contributed by atoms with Gasteiger partial charge in [0.25, 0.3) is 5.91 Å². The Labute approximate surface area is 195 Å². The third-order valence-corrected chi connectivity index (χ3v) is 6.38. The van der Waals surface area contributed by atoms with E-state index >= 15 is 0 Å². The highest BCUT2D eigenvalue weighted by molar-refractivity contribution is 6.03. The van der Waals surface area contributed by atoms with E-state index in [4.69, 9.17) is 0 Å². The number of ether oxygens (including phenoxy) is 1. The van der Waals surface area contributed by atoms with E-state index in [1.165, 1.54) is 58.4 Å². The van der Waals surface area contributed by atoms with E-state index in [9.17, 15) is 9.59 Å². The highest BCUT2D eigenvalue weighted by Crippen LogP contribution is 2.34. The van der Waals surface area contributed by atoms with Crippen molar-refractivity contribution in [3.8, 4) is 0 Å². The average molecular weight is 452 g/mol. The van der Waals surface area contributed by atoms with E-state index in [-0.39, 0.29) is 18.4 Å². The van der Waals surface area contributed by atoms with E-state index in [0.29, 0.717) is 24.0 Å². The number of nitrogens with zero attached hydrogens (tertiary/aromatic N) is 3. The number of amides is 1. The van der Waals surface area contributed by atoms with Crippen LogP contribution < -0.4 is 15.5 Å². The van der Waals surface area contributed by atoms with Crippen molar-refractivity contribution in [2.45, 2.75) is 57.5 Å². The van der Waals surface area contributed by atoms with Crippen LogP contribution in [0.4, 0.5) is 11.5 Å². The molecule has 0 unspecified atom stereocenters. The van der Waals surface area contributed by atoms with Crippen molar-refractivity contribution in [3.05, 3.63) is 47.9 Å². The maximum atomic E-state index is 12.9. The number of methoxy groups -OCH3 is 1. The second-order valence-corrected chi connectivity index (χ2v) is 8.98. The van der Waals surface area contributed by atoms with Gasteiger partial charge in [-0.1, -0.05) is 31.4 Å². The summed E-state index contributed by atoms with van der Waals surface area (Å²) in [6.45, 7) is 1.72. The van der Waals surface area contributed by atoms with Crippen molar-refractivity contribution in [2.75, 3.05) is 30.4 Å². The van der Waals surface area contributed by atoms with Crippen molar-refractivity contribution in [1.82, 2.24) is 15.3 Å². The largest absolute Gasteiger partial charge is 0.468 e. The molecule has 1 amide bonds. The molecule has 2 saturated carbocycles. The van der Waals surface area contributed by atoms with Crippen LogP contribution in [0.2, 0.25) is 0 Å². The van der Waals surface area contributed by atoms with Crippen molar-refractivity contribution in [1.29, 1.82) is 0 Å². The molecule has 2 aliphatic carbocycles. The molecule has 2 aromatic rings. The Kier molecular flexibility index (Phi) is 7.88. The molecule has 2 aliphatic rings. The number of carbonyl (C=O) groups excluding carboxylic acids is 2. The number of carbonyl (C=O) groups is 2. The lowest BCUT2D eigenvalue weighted by Crippen LogP contribution is -2.39. The molecule has 1 aromatic carbocycles. The highest BCUT2D eigenvalue weighted by atomic mass is 16.5. The van der Waals surface area contributed by atoms with Gasteiger partial charge in [-0.25, -0.2) is 9.97 Å². The Balaban J connectivity index is 1.38. The number of benzene rings is 1. The Morgan fingerprint density at radius 1 is 1.06 bits per heavy atom. The minimum Gasteiger partial charge on any atom is -0.468 e. The van der Waals surface area contributed by atoms with Gasteiger partial charge in [0.15, 0.2) is 0 Å². The monoisotopic (exact) mass is 451 g/mol. The highest BCUT2D eigenvalue weighted by Gasteiger charge is 2.30. The van der Waals surface area contributed by atoms with Crippen LogP contribution in [0, 0.1) is 5.92 Å². The second-order valence-electron chi connectivity index (χ2n) is 8.98. The van der Waals surface area contributed by atoms with Gasteiger partial charge >= 0.3 is 5.97 Å². The quantitative estimate of drug-likeness (QED) is 0.533. The summed E-state index contributed by atoms with van der Waals surface area (Å²) in [6, 6.07) is 9.84. The van der Waals surface area contributed by atoms with Gasteiger partial charge in [-0.15, -0.1) is 0 Å². The molecule has 0 bridgehead atoms. The molecule has 0 spiro atoms. The van der Waals surface area contributed by atoms with E-state index in [1.807, 2.05) is 30.3 Å². The van der Waals surface area contributed by atoms with Gasteiger partial charge in [-0.2, -0.15) is 0 Å². The summed E-state index contributed by atoms with van der Waals surface area (Å²) in [5, 5.41) is 5.94. The van der Waals surface area contributed by atoms with Crippen LogP contribution in [0.25, 0.3) is 0 Å². The van der Waals surface area contributed by atoms with Crippen LogP contribution in [-0.2, 0) is 16.1 Å². The fraction of sp³-hybridized carbons (Fsp3) is 0.520. The summed E-state index contributed by atoms with van der Waals surface area (Å²) in [6.07, 6.45) is 10.3. The summed E-state index contributed by atoms with van der Waals surface area (Å²) < 4.78 is 4.61. The van der Waals surface area contributed by atoms with Crippen molar-refractivity contribution >= 4 is 23.4 Å². The normalized spacial score (nSPS) is 16.3. The molecule has 0 atom stereocenters. The van der Waals surface area contributed by atoms with Crippen LogP contribution in [0.5, 0.6) is 0 Å². The molecule has 1 aromatic heterocycles. The number of hydrogen-bond donors (Lipinski definition) is 2. The number of esters is 1. The zero-order chi connectivity index (χ0) is 23.0. The minimum absolute atomic E-state index is 0.156. The predicted octanol–water partition coefficient (Wildman–Crippen LogP) is 3.54. The molecule has 2 N–H and O–H groups in total. The Morgan fingerprint density at radius 3 is 2.52 bits per heavy atom. The lowest BCUT2D eigenvalue weighted by atomic mass is 9.94. The maximum absolute atomic E-state index is 12.9. The zero-order valence-electron chi connectivity index (χ0n) is 19.3.